The van der Waals surface area contributed by atoms with Crippen molar-refractivity contribution in [3.05, 3.63) is 59.7 Å². The lowest BCUT2D eigenvalue weighted by atomic mass is 10.2. The van der Waals surface area contributed by atoms with Gasteiger partial charge in [-0.1, -0.05) is 12.1 Å². The minimum absolute atomic E-state index is 0.00125. The van der Waals surface area contributed by atoms with Crippen molar-refractivity contribution in [3.63, 3.8) is 0 Å². The van der Waals surface area contributed by atoms with E-state index >= 15 is 0 Å². The van der Waals surface area contributed by atoms with Crippen LogP contribution < -0.4 is 5.32 Å². The van der Waals surface area contributed by atoms with E-state index in [-0.39, 0.29) is 5.56 Å². The first-order valence-corrected chi connectivity index (χ1v) is 6.06. The summed E-state index contributed by atoms with van der Waals surface area (Å²) in [7, 11) is 0. The molecule has 0 aliphatic carbocycles. The molecule has 3 aromatic rings. The molecule has 0 aliphatic heterocycles. The number of aryl methyl sites for hydroxylation is 1. The molecule has 3 rings (SSSR count). The Morgan fingerprint density at radius 1 is 1.25 bits per heavy atom. The second-order valence-corrected chi connectivity index (χ2v) is 4.35. The Hall–Kier alpha value is -2.69. The van der Waals surface area contributed by atoms with Crippen molar-refractivity contribution >= 4 is 22.7 Å². The Kier molecular flexibility index (Phi) is 2.95. The average Bonchev–Trinajstić information content (AvgIpc) is 2.78. The minimum Gasteiger partial charge on any atom is -0.441 e. The summed E-state index contributed by atoms with van der Waals surface area (Å²) in [5.74, 6) is -0.502. The summed E-state index contributed by atoms with van der Waals surface area (Å²) >= 11 is 0. The normalized spacial score (nSPS) is 10.7. The summed E-state index contributed by atoms with van der Waals surface area (Å²) in [6, 6.07) is 10.9. The number of oxazole rings is 1. The highest BCUT2D eigenvalue weighted by Crippen LogP contribution is 2.20. The average molecular weight is 270 g/mol. The monoisotopic (exact) mass is 270 g/mol. The number of nitrogens with zero attached hydrogens (tertiary/aromatic N) is 1. The molecule has 0 aliphatic rings. The van der Waals surface area contributed by atoms with E-state index in [0.717, 1.165) is 0 Å². The molecule has 0 saturated carbocycles. The first-order chi connectivity index (χ1) is 9.63. The van der Waals surface area contributed by atoms with Gasteiger partial charge in [-0.3, -0.25) is 4.79 Å². The van der Waals surface area contributed by atoms with Crippen LogP contribution in [0.2, 0.25) is 0 Å². The third kappa shape index (κ3) is 2.25. The lowest BCUT2D eigenvalue weighted by Gasteiger charge is -2.05. The van der Waals surface area contributed by atoms with Crippen LogP contribution >= 0.6 is 0 Å². The SMILES string of the molecule is Cc1nc2ccc(NC(=O)c3ccccc3F)cc2o1. The summed E-state index contributed by atoms with van der Waals surface area (Å²) in [5.41, 5.74) is 1.82. The number of anilines is 1. The van der Waals surface area contributed by atoms with E-state index in [1.165, 1.54) is 18.2 Å². The van der Waals surface area contributed by atoms with E-state index in [2.05, 4.69) is 10.3 Å². The van der Waals surface area contributed by atoms with Gasteiger partial charge in [0.05, 0.1) is 5.56 Å². The van der Waals surface area contributed by atoms with Crippen molar-refractivity contribution < 1.29 is 13.6 Å². The number of hydrogen-bond acceptors (Lipinski definition) is 3. The molecule has 0 fully saturated rings. The van der Waals surface area contributed by atoms with Gasteiger partial charge in [-0.2, -0.15) is 0 Å². The van der Waals surface area contributed by atoms with Gasteiger partial charge in [0, 0.05) is 18.7 Å². The summed E-state index contributed by atoms with van der Waals surface area (Å²) in [6.07, 6.45) is 0. The number of nitrogens with one attached hydrogen (secondary N) is 1. The van der Waals surface area contributed by atoms with Crippen molar-refractivity contribution in [1.29, 1.82) is 0 Å². The standard InChI is InChI=1S/C15H11FN2O2/c1-9-17-13-7-6-10(8-14(13)20-9)18-15(19)11-4-2-3-5-12(11)16/h2-8H,1H3,(H,18,19). The number of aromatic nitrogens is 1. The Labute approximate surface area is 114 Å². The molecule has 0 saturated heterocycles. The van der Waals surface area contributed by atoms with Gasteiger partial charge in [-0.15, -0.1) is 0 Å². The molecule has 5 heteroatoms. The molecule has 1 N–H and O–H groups in total. The maximum absolute atomic E-state index is 13.5. The highest BCUT2D eigenvalue weighted by Gasteiger charge is 2.11. The number of benzene rings is 2. The van der Waals surface area contributed by atoms with Gasteiger partial charge in [-0.05, 0) is 24.3 Å². The predicted molar refractivity (Wildman–Crippen MR) is 73.1 cm³/mol. The van der Waals surface area contributed by atoms with Crippen LogP contribution in [0, 0.1) is 12.7 Å². The third-order valence-corrected chi connectivity index (χ3v) is 2.87. The fourth-order valence-electron chi connectivity index (χ4n) is 1.96. The van der Waals surface area contributed by atoms with Gasteiger partial charge in [0.2, 0.25) is 0 Å². The Bertz CT molecular complexity index is 795. The summed E-state index contributed by atoms with van der Waals surface area (Å²) in [6.45, 7) is 1.75. The predicted octanol–water partition coefficient (Wildman–Crippen LogP) is 3.53. The number of carbonyl (C=O) groups excluding carboxylic acids is 1. The topological polar surface area (TPSA) is 55.1 Å². The van der Waals surface area contributed by atoms with E-state index in [1.807, 2.05) is 0 Å². The number of hydrogen-bond donors (Lipinski definition) is 1. The molecule has 100 valence electrons. The van der Waals surface area contributed by atoms with E-state index < -0.39 is 11.7 Å². The fourth-order valence-corrected chi connectivity index (χ4v) is 1.96. The second-order valence-electron chi connectivity index (χ2n) is 4.35. The van der Waals surface area contributed by atoms with Crippen LogP contribution in [0.15, 0.2) is 46.9 Å². The summed E-state index contributed by atoms with van der Waals surface area (Å²) in [4.78, 5) is 16.1. The van der Waals surface area contributed by atoms with Crippen LogP contribution in [0.4, 0.5) is 10.1 Å². The zero-order chi connectivity index (χ0) is 14.1. The highest BCUT2D eigenvalue weighted by molar-refractivity contribution is 6.05. The first-order valence-electron chi connectivity index (χ1n) is 6.06. The van der Waals surface area contributed by atoms with Crippen molar-refractivity contribution in [2.45, 2.75) is 6.92 Å². The van der Waals surface area contributed by atoms with Gasteiger partial charge >= 0.3 is 0 Å². The molecule has 1 aromatic heterocycles. The van der Waals surface area contributed by atoms with Crippen molar-refractivity contribution in [2.24, 2.45) is 0 Å². The first kappa shape index (κ1) is 12.3. The number of carbonyl (C=O) groups is 1. The van der Waals surface area contributed by atoms with Crippen LogP contribution in [0.5, 0.6) is 0 Å². The van der Waals surface area contributed by atoms with Crippen LogP contribution in [0.1, 0.15) is 16.2 Å². The van der Waals surface area contributed by atoms with Crippen LogP contribution in [0.25, 0.3) is 11.1 Å². The van der Waals surface area contributed by atoms with E-state index in [9.17, 15) is 9.18 Å². The molecule has 1 heterocycles. The van der Waals surface area contributed by atoms with E-state index in [0.29, 0.717) is 22.7 Å². The van der Waals surface area contributed by atoms with E-state index in [4.69, 9.17) is 4.42 Å². The fraction of sp³-hybridized carbons (Fsp3) is 0.0667. The van der Waals surface area contributed by atoms with Gasteiger partial charge < -0.3 is 9.73 Å². The molecule has 20 heavy (non-hydrogen) atoms. The van der Waals surface area contributed by atoms with Crippen LogP contribution in [0.3, 0.4) is 0 Å². The van der Waals surface area contributed by atoms with Gasteiger partial charge in [0.15, 0.2) is 11.5 Å². The smallest absolute Gasteiger partial charge is 0.258 e. The van der Waals surface area contributed by atoms with Crippen molar-refractivity contribution in [3.8, 4) is 0 Å². The van der Waals surface area contributed by atoms with Crippen molar-refractivity contribution in [2.75, 3.05) is 5.32 Å². The molecule has 2 aromatic carbocycles. The largest absolute Gasteiger partial charge is 0.441 e. The van der Waals surface area contributed by atoms with Crippen LogP contribution in [-0.4, -0.2) is 10.9 Å². The lowest BCUT2D eigenvalue weighted by Crippen LogP contribution is -2.13. The molecular weight excluding hydrogens is 259 g/mol. The Balaban J connectivity index is 1.89. The Morgan fingerprint density at radius 3 is 2.85 bits per heavy atom. The molecule has 0 atom stereocenters. The number of rotatable bonds is 2. The van der Waals surface area contributed by atoms with Gasteiger partial charge in [0.25, 0.3) is 5.91 Å². The zero-order valence-corrected chi connectivity index (χ0v) is 10.7. The number of amides is 1. The Morgan fingerprint density at radius 2 is 2.05 bits per heavy atom. The molecule has 0 bridgehead atoms. The summed E-state index contributed by atoms with van der Waals surface area (Å²) in [5, 5.41) is 2.63. The summed E-state index contributed by atoms with van der Waals surface area (Å²) < 4.78 is 18.9. The van der Waals surface area contributed by atoms with Crippen LogP contribution in [-0.2, 0) is 0 Å². The second kappa shape index (κ2) is 4.77. The number of halogens is 1. The zero-order valence-electron chi connectivity index (χ0n) is 10.7. The van der Waals surface area contributed by atoms with Gasteiger partial charge in [0.1, 0.15) is 11.3 Å². The number of fused-ring (bicyclic) bond motifs is 1. The molecule has 4 nitrogen and oxygen atoms in total. The highest BCUT2D eigenvalue weighted by atomic mass is 19.1. The molecule has 0 spiro atoms. The van der Waals surface area contributed by atoms with Gasteiger partial charge in [-0.25, -0.2) is 9.37 Å². The molecule has 0 radical (unpaired) electrons. The quantitative estimate of drug-likeness (QED) is 0.775. The third-order valence-electron chi connectivity index (χ3n) is 2.87. The van der Waals surface area contributed by atoms with E-state index in [1.54, 1.807) is 31.2 Å². The molecular formula is C15H11FN2O2. The minimum atomic E-state index is -0.554. The maximum atomic E-state index is 13.5. The lowest BCUT2D eigenvalue weighted by molar-refractivity contribution is 0.102. The molecule has 1 amide bonds. The van der Waals surface area contributed by atoms with Crippen molar-refractivity contribution in [1.82, 2.24) is 4.98 Å². The maximum Gasteiger partial charge on any atom is 0.258 e. The molecule has 0 unspecified atom stereocenters.